The Hall–Kier alpha value is -2.21. The van der Waals surface area contributed by atoms with Gasteiger partial charge in [-0.25, -0.2) is 4.79 Å². The number of nitrogens with one attached hydrogen (secondary N) is 1. The Morgan fingerprint density at radius 3 is 2.34 bits per heavy atom. The molecule has 11 heteroatoms. The Labute approximate surface area is 184 Å². The topological polar surface area (TPSA) is 131 Å². The Morgan fingerprint density at radius 2 is 1.84 bits per heavy atom. The van der Waals surface area contributed by atoms with Gasteiger partial charge in [0.25, 0.3) is 0 Å². The molecule has 1 aliphatic heterocycles. The third-order valence-electron chi connectivity index (χ3n) is 4.65. The van der Waals surface area contributed by atoms with Crippen molar-refractivity contribution in [2.24, 2.45) is 11.1 Å². The number of aliphatic carboxylic acids is 1. The molecule has 32 heavy (non-hydrogen) atoms. The molecule has 0 spiro atoms. The molecule has 182 valence electrons. The van der Waals surface area contributed by atoms with Gasteiger partial charge in [-0.1, -0.05) is 32.0 Å². The summed E-state index contributed by atoms with van der Waals surface area (Å²) in [5, 5.41) is 20.5. The lowest BCUT2D eigenvalue weighted by Gasteiger charge is -2.43. The highest BCUT2D eigenvalue weighted by molar-refractivity contribution is 5.80. The summed E-state index contributed by atoms with van der Waals surface area (Å²) in [6.45, 7) is 7.30. The van der Waals surface area contributed by atoms with E-state index < -0.39 is 47.0 Å². The van der Waals surface area contributed by atoms with E-state index in [9.17, 15) is 27.9 Å². The summed E-state index contributed by atoms with van der Waals surface area (Å²) in [5.74, 6) is -2.46. The van der Waals surface area contributed by atoms with Crippen LogP contribution >= 0.6 is 0 Å². The zero-order valence-corrected chi connectivity index (χ0v) is 18.5. The molecule has 2 atom stereocenters. The molecule has 0 aromatic heterocycles. The zero-order chi connectivity index (χ0) is 24.7. The smallest absolute Gasteiger partial charge is 0.416 e. The monoisotopic (exact) mass is 464 g/mol. The van der Waals surface area contributed by atoms with Crippen molar-refractivity contribution in [2.45, 2.75) is 64.8 Å². The molecule has 8 nitrogen and oxygen atoms in total. The van der Waals surface area contributed by atoms with E-state index in [4.69, 9.17) is 20.3 Å². The van der Waals surface area contributed by atoms with E-state index in [1.165, 1.54) is 18.2 Å². The number of hydrogen-bond acceptors (Lipinski definition) is 6. The predicted molar refractivity (Wildman–Crippen MR) is 109 cm³/mol. The first-order valence-corrected chi connectivity index (χ1v) is 9.96. The van der Waals surface area contributed by atoms with Crippen LogP contribution in [-0.4, -0.2) is 53.2 Å². The lowest BCUT2D eigenvalue weighted by molar-refractivity contribution is -0.307. The molecule has 1 unspecified atom stereocenters. The van der Waals surface area contributed by atoms with E-state index in [1.807, 2.05) is 13.8 Å². The van der Waals surface area contributed by atoms with Crippen LogP contribution in [0.5, 0.6) is 0 Å². The number of carboxylic acid groups (broad SMARTS) is 1. The van der Waals surface area contributed by atoms with Gasteiger partial charge in [-0.05, 0) is 38.4 Å². The van der Waals surface area contributed by atoms with E-state index in [0.717, 1.165) is 6.07 Å². The van der Waals surface area contributed by atoms with E-state index in [2.05, 4.69) is 5.32 Å². The number of alkyl halides is 3. The van der Waals surface area contributed by atoms with E-state index in [0.29, 0.717) is 6.61 Å². The number of aliphatic hydroxyl groups excluding tert-OH is 1. The van der Waals surface area contributed by atoms with Crippen LogP contribution in [0.1, 0.15) is 45.2 Å². The van der Waals surface area contributed by atoms with Gasteiger partial charge in [0.1, 0.15) is 6.10 Å². The van der Waals surface area contributed by atoms with Crippen LogP contribution < -0.4 is 11.1 Å². The van der Waals surface area contributed by atoms with Crippen LogP contribution in [0.2, 0.25) is 0 Å². The maximum Gasteiger partial charge on any atom is 0.416 e. The average molecular weight is 464 g/mol. The van der Waals surface area contributed by atoms with Crippen molar-refractivity contribution in [1.82, 2.24) is 5.32 Å². The second-order valence-electron chi connectivity index (χ2n) is 8.48. The number of benzene rings is 1. The van der Waals surface area contributed by atoms with Gasteiger partial charge in [0.05, 0.1) is 12.2 Å². The van der Waals surface area contributed by atoms with Crippen LogP contribution in [0.4, 0.5) is 13.2 Å². The number of nitrogens with two attached hydrogens (primary N) is 1. The number of amides is 1. The summed E-state index contributed by atoms with van der Waals surface area (Å²) < 4.78 is 48.7. The highest BCUT2D eigenvalue weighted by Gasteiger charge is 2.45. The molecule has 0 saturated carbocycles. The summed E-state index contributed by atoms with van der Waals surface area (Å²) in [6, 6.07) is 4.95. The molecule has 1 saturated heterocycles. The molecule has 0 aliphatic carbocycles. The summed E-state index contributed by atoms with van der Waals surface area (Å²) in [4.78, 5) is 22.2. The first kappa shape index (κ1) is 27.8. The van der Waals surface area contributed by atoms with Gasteiger partial charge < -0.3 is 30.7 Å². The average Bonchev–Trinajstić information content (AvgIpc) is 2.68. The summed E-state index contributed by atoms with van der Waals surface area (Å²) >= 11 is 0. The quantitative estimate of drug-likeness (QED) is 0.508. The van der Waals surface area contributed by atoms with Gasteiger partial charge in [-0.15, -0.1) is 0 Å². The largest absolute Gasteiger partial charge is 0.479 e. The van der Waals surface area contributed by atoms with Crippen molar-refractivity contribution >= 4 is 11.9 Å². The fourth-order valence-electron chi connectivity index (χ4n) is 2.84. The van der Waals surface area contributed by atoms with Crippen LogP contribution in [-0.2, 0) is 31.8 Å². The lowest BCUT2D eigenvalue weighted by Crippen LogP contribution is -2.53. The molecule has 1 aromatic carbocycles. The van der Waals surface area contributed by atoms with Crippen molar-refractivity contribution in [3.05, 3.63) is 35.4 Å². The number of rotatable bonds is 6. The second-order valence-corrected chi connectivity index (χ2v) is 8.48. The third kappa shape index (κ3) is 8.38. The summed E-state index contributed by atoms with van der Waals surface area (Å²) in [6.07, 6.45) is -6.51. The van der Waals surface area contributed by atoms with Gasteiger partial charge in [-0.3, -0.25) is 4.79 Å². The second kappa shape index (κ2) is 11.1. The molecule has 1 aliphatic rings. The van der Waals surface area contributed by atoms with Gasteiger partial charge in [-0.2, -0.15) is 13.2 Å². The van der Waals surface area contributed by atoms with Gasteiger partial charge in [0, 0.05) is 12.0 Å². The van der Waals surface area contributed by atoms with Crippen molar-refractivity contribution in [3.8, 4) is 0 Å². The molecule has 5 N–H and O–H groups in total. The molecule has 1 heterocycles. The highest BCUT2D eigenvalue weighted by Crippen LogP contribution is 2.34. The Balaban J connectivity index is 0.000000343. The number of aliphatic hydroxyl groups is 1. The molecule has 2 rings (SSSR count). The molecule has 1 fully saturated rings. The van der Waals surface area contributed by atoms with Crippen molar-refractivity contribution < 1.29 is 42.4 Å². The predicted octanol–water partition coefficient (Wildman–Crippen LogP) is 2.28. The first-order chi connectivity index (χ1) is 14.6. The minimum atomic E-state index is -4.48. The molecule has 1 aromatic rings. The summed E-state index contributed by atoms with van der Waals surface area (Å²) in [7, 11) is 0. The summed E-state index contributed by atoms with van der Waals surface area (Å²) in [5.41, 5.74) is 3.84. The zero-order valence-electron chi connectivity index (χ0n) is 18.5. The van der Waals surface area contributed by atoms with E-state index in [-0.39, 0.29) is 25.1 Å². The fourth-order valence-corrected chi connectivity index (χ4v) is 2.84. The number of hydrogen-bond donors (Lipinski definition) is 4. The molecule has 1 amide bonds. The Morgan fingerprint density at radius 1 is 1.25 bits per heavy atom. The Bertz CT molecular complexity index is 783. The van der Waals surface area contributed by atoms with Gasteiger partial charge >= 0.3 is 12.1 Å². The maximum atomic E-state index is 12.7. The highest BCUT2D eigenvalue weighted by atomic mass is 19.4. The first-order valence-electron chi connectivity index (χ1n) is 9.96. The van der Waals surface area contributed by atoms with Crippen LogP contribution in [0.15, 0.2) is 24.3 Å². The minimum Gasteiger partial charge on any atom is -0.479 e. The van der Waals surface area contributed by atoms with Crippen molar-refractivity contribution in [2.75, 3.05) is 13.2 Å². The molecular formula is C21H31F3N2O6. The van der Waals surface area contributed by atoms with Gasteiger partial charge in [0.2, 0.25) is 5.91 Å². The molecular weight excluding hydrogens is 433 g/mol. The van der Waals surface area contributed by atoms with Crippen molar-refractivity contribution in [1.29, 1.82) is 0 Å². The number of halogens is 3. The maximum absolute atomic E-state index is 12.7. The number of ether oxygens (including phenoxy) is 2. The third-order valence-corrected chi connectivity index (χ3v) is 4.65. The Kier molecular flexibility index (Phi) is 9.64. The molecule has 0 bridgehead atoms. The van der Waals surface area contributed by atoms with Crippen molar-refractivity contribution in [3.63, 3.8) is 0 Å². The number of carbonyl (C=O) groups excluding carboxylic acids is 1. The number of carbonyl (C=O) groups is 2. The van der Waals surface area contributed by atoms with E-state index >= 15 is 0 Å². The standard InChI is InChI=1S/C12H15F3N2O2.C9H16O4/c13-12(14,15)9-4-2-1-3-8(9)7-17-11(19)10(18)5-6-16;1-8(2)5-12-9(3,4)13-6(8)7(10)11/h1-4,10,18H,5-7,16H2,(H,17,19);6H,5H2,1-4H3,(H,10,11)/t;6-/m.0/s1. The normalized spacial score (nSPS) is 20.5. The van der Waals surface area contributed by atoms with Crippen LogP contribution in [0.25, 0.3) is 0 Å². The SMILES string of the molecule is CC1(C)OCC(C)(C)[C@H](C(=O)O)O1.NCCC(O)C(=O)NCc1ccccc1C(F)(F)F. The van der Waals surface area contributed by atoms with Crippen LogP contribution in [0.3, 0.4) is 0 Å². The van der Waals surface area contributed by atoms with Crippen LogP contribution in [0, 0.1) is 5.41 Å². The lowest BCUT2D eigenvalue weighted by atomic mass is 9.86. The minimum absolute atomic E-state index is 0.0525. The fraction of sp³-hybridized carbons (Fsp3) is 0.619. The molecule has 0 radical (unpaired) electrons. The van der Waals surface area contributed by atoms with Gasteiger partial charge in [0.15, 0.2) is 11.9 Å². The van der Waals surface area contributed by atoms with E-state index in [1.54, 1.807) is 13.8 Å². The number of carboxylic acids is 1.